The number of benzene rings is 1. The van der Waals surface area contributed by atoms with E-state index in [1.54, 1.807) is 0 Å². The van der Waals surface area contributed by atoms with Crippen LogP contribution in [-0.4, -0.2) is 16.1 Å². The molecule has 0 aliphatic rings. The lowest BCUT2D eigenvalue weighted by Gasteiger charge is -2.11. The number of carboxylic acids is 1. The number of aromatic carboxylic acids is 1. The molecule has 0 radical (unpaired) electrons. The monoisotopic (exact) mass is 319 g/mol. The number of nitrogens with zero attached hydrogens (tertiary/aromatic N) is 1. The third kappa shape index (κ3) is 2.17. The Balaban J connectivity index is 2.91. The van der Waals surface area contributed by atoms with Gasteiger partial charge in [-0.05, 0) is 28.1 Å². The number of carbonyl (C=O) groups is 1. The number of alkyl halides is 3. The summed E-state index contributed by atoms with van der Waals surface area (Å²) < 4.78 is 38.9. The Bertz CT molecular complexity index is 640. The van der Waals surface area contributed by atoms with Crippen molar-refractivity contribution in [2.24, 2.45) is 0 Å². The second kappa shape index (κ2) is 4.24. The number of aromatic nitrogens is 1. The zero-order valence-corrected chi connectivity index (χ0v) is 10.2. The fraction of sp³-hybridized carbons (Fsp3) is 0.0909. The molecule has 0 aliphatic heterocycles. The highest BCUT2D eigenvalue weighted by molar-refractivity contribution is 9.10. The summed E-state index contributed by atoms with van der Waals surface area (Å²) in [4.78, 5) is 14.5. The molecule has 3 nitrogen and oxygen atoms in total. The molecule has 7 heteroatoms. The number of pyridine rings is 1. The van der Waals surface area contributed by atoms with Crippen LogP contribution in [0.2, 0.25) is 0 Å². The number of halogens is 4. The van der Waals surface area contributed by atoms with E-state index in [-0.39, 0.29) is 10.9 Å². The largest absolute Gasteiger partial charge is 0.477 e. The van der Waals surface area contributed by atoms with E-state index in [0.717, 1.165) is 0 Å². The fourth-order valence-electron chi connectivity index (χ4n) is 1.56. The van der Waals surface area contributed by atoms with Crippen molar-refractivity contribution in [2.75, 3.05) is 0 Å². The first-order valence-corrected chi connectivity index (χ1v) is 5.50. The number of fused-ring (bicyclic) bond motifs is 1. The summed E-state index contributed by atoms with van der Waals surface area (Å²) in [5.41, 5.74) is -1.67. The highest BCUT2D eigenvalue weighted by Gasteiger charge is 2.34. The summed E-state index contributed by atoms with van der Waals surface area (Å²) in [7, 11) is 0. The standard InChI is InChI=1S/C11H5BrF3NO2/c12-7-3-1-2-5-6(11(13,14)15)4-8(10(17)18)16-9(5)7/h1-4H,(H,17,18). The Morgan fingerprint density at radius 1 is 1.33 bits per heavy atom. The van der Waals surface area contributed by atoms with Gasteiger partial charge in [0.1, 0.15) is 5.69 Å². The average Bonchev–Trinajstić information content (AvgIpc) is 2.27. The van der Waals surface area contributed by atoms with Gasteiger partial charge in [0, 0.05) is 9.86 Å². The Morgan fingerprint density at radius 3 is 2.56 bits per heavy atom. The van der Waals surface area contributed by atoms with E-state index in [4.69, 9.17) is 5.11 Å². The number of hydrogen-bond donors (Lipinski definition) is 1. The van der Waals surface area contributed by atoms with Gasteiger partial charge >= 0.3 is 12.1 Å². The number of hydrogen-bond acceptors (Lipinski definition) is 2. The molecule has 1 aromatic heterocycles. The van der Waals surface area contributed by atoms with Gasteiger partial charge in [-0.3, -0.25) is 0 Å². The molecule has 0 bridgehead atoms. The van der Waals surface area contributed by atoms with Gasteiger partial charge < -0.3 is 5.11 Å². The van der Waals surface area contributed by atoms with Crippen LogP contribution in [0.5, 0.6) is 0 Å². The maximum absolute atomic E-state index is 12.9. The molecule has 0 saturated carbocycles. The summed E-state index contributed by atoms with van der Waals surface area (Å²) in [6, 6.07) is 4.73. The Kier molecular flexibility index (Phi) is 3.02. The van der Waals surface area contributed by atoms with E-state index in [9.17, 15) is 18.0 Å². The molecule has 1 heterocycles. The molecule has 2 aromatic rings. The summed E-state index contributed by atoms with van der Waals surface area (Å²) in [6.07, 6.45) is -4.63. The molecular formula is C11H5BrF3NO2. The van der Waals surface area contributed by atoms with Crippen LogP contribution in [0.4, 0.5) is 13.2 Å². The summed E-state index contributed by atoms with van der Waals surface area (Å²) in [5.74, 6) is -1.50. The van der Waals surface area contributed by atoms with E-state index in [1.807, 2.05) is 0 Å². The van der Waals surface area contributed by atoms with Crippen molar-refractivity contribution in [3.63, 3.8) is 0 Å². The van der Waals surface area contributed by atoms with Crippen molar-refractivity contribution in [2.45, 2.75) is 6.18 Å². The van der Waals surface area contributed by atoms with Crippen LogP contribution in [0.1, 0.15) is 16.1 Å². The SMILES string of the molecule is O=C(O)c1cc(C(F)(F)F)c2cccc(Br)c2n1. The highest BCUT2D eigenvalue weighted by Crippen LogP contribution is 2.36. The maximum atomic E-state index is 12.9. The molecule has 2 rings (SSSR count). The van der Waals surface area contributed by atoms with E-state index >= 15 is 0 Å². The molecular weight excluding hydrogens is 315 g/mol. The van der Waals surface area contributed by atoms with E-state index in [2.05, 4.69) is 20.9 Å². The van der Waals surface area contributed by atoms with E-state index in [1.165, 1.54) is 18.2 Å². The van der Waals surface area contributed by atoms with E-state index < -0.39 is 23.4 Å². The van der Waals surface area contributed by atoms with Crippen molar-refractivity contribution in [1.29, 1.82) is 0 Å². The Morgan fingerprint density at radius 2 is 2.00 bits per heavy atom. The van der Waals surface area contributed by atoms with Gasteiger partial charge in [0.15, 0.2) is 0 Å². The molecule has 0 spiro atoms. The molecule has 94 valence electrons. The minimum Gasteiger partial charge on any atom is -0.477 e. The van der Waals surface area contributed by atoms with Crippen LogP contribution in [-0.2, 0) is 6.18 Å². The molecule has 1 aromatic carbocycles. The van der Waals surface area contributed by atoms with Crippen molar-refractivity contribution in [3.8, 4) is 0 Å². The van der Waals surface area contributed by atoms with Crippen LogP contribution in [0.3, 0.4) is 0 Å². The summed E-state index contributed by atoms with van der Waals surface area (Å²) in [5, 5.41) is 8.64. The van der Waals surface area contributed by atoms with Crippen LogP contribution in [0.15, 0.2) is 28.7 Å². The van der Waals surface area contributed by atoms with Gasteiger partial charge in [0.05, 0.1) is 11.1 Å². The quantitative estimate of drug-likeness (QED) is 0.871. The smallest absolute Gasteiger partial charge is 0.417 e. The van der Waals surface area contributed by atoms with Crippen LogP contribution >= 0.6 is 15.9 Å². The molecule has 0 amide bonds. The van der Waals surface area contributed by atoms with Crippen molar-refractivity contribution in [3.05, 3.63) is 40.0 Å². The Labute approximate surface area is 107 Å². The van der Waals surface area contributed by atoms with Crippen molar-refractivity contribution < 1.29 is 23.1 Å². The van der Waals surface area contributed by atoms with Gasteiger partial charge in [-0.15, -0.1) is 0 Å². The maximum Gasteiger partial charge on any atom is 0.417 e. The normalized spacial score (nSPS) is 11.8. The Hall–Kier alpha value is -1.63. The number of carboxylic acid groups (broad SMARTS) is 1. The molecule has 1 N–H and O–H groups in total. The van der Waals surface area contributed by atoms with Gasteiger partial charge in [-0.2, -0.15) is 13.2 Å². The molecule has 0 unspecified atom stereocenters. The summed E-state index contributed by atoms with van der Waals surface area (Å²) in [6.45, 7) is 0. The van der Waals surface area contributed by atoms with Crippen LogP contribution in [0, 0.1) is 0 Å². The second-order valence-corrected chi connectivity index (χ2v) is 4.35. The van der Waals surface area contributed by atoms with Gasteiger partial charge in [-0.25, -0.2) is 9.78 Å². The number of para-hydroxylation sites is 1. The second-order valence-electron chi connectivity index (χ2n) is 3.49. The van der Waals surface area contributed by atoms with Gasteiger partial charge in [-0.1, -0.05) is 12.1 Å². The predicted octanol–water partition coefficient (Wildman–Crippen LogP) is 3.71. The molecule has 0 fully saturated rings. The van der Waals surface area contributed by atoms with Gasteiger partial charge in [0.25, 0.3) is 0 Å². The van der Waals surface area contributed by atoms with Gasteiger partial charge in [0.2, 0.25) is 0 Å². The molecule has 0 saturated heterocycles. The fourth-order valence-corrected chi connectivity index (χ4v) is 2.01. The zero-order chi connectivity index (χ0) is 13.5. The zero-order valence-electron chi connectivity index (χ0n) is 8.62. The van der Waals surface area contributed by atoms with Crippen molar-refractivity contribution in [1.82, 2.24) is 4.98 Å². The lowest BCUT2D eigenvalue weighted by atomic mass is 10.1. The van der Waals surface area contributed by atoms with E-state index in [0.29, 0.717) is 10.5 Å². The first-order chi connectivity index (χ1) is 8.30. The molecule has 0 aliphatic carbocycles. The van der Waals surface area contributed by atoms with Crippen LogP contribution < -0.4 is 0 Å². The van der Waals surface area contributed by atoms with Crippen LogP contribution in [0.25, 0.3) is 10.9 Å². The topological polar surface area (TPSA) is 50.2 Å². The lowest BCUT2D eigenvalue weighted by Crippen LogP contribution is -2.10. The summed E-state index contributed by atoms with van der Waals surface area (Å²) >= 11 is 3.06. The first-order valence-electron chi connectivity index (χ1n) is 4.70. The number of rotatable bonds is 1. The minimum absolute atomic E-state index is 0.0234. The average molecular weight is 320 g/mol. The highest BCUT2D eigenvalue weighted by atomic mass is 79.9. The third-order valence-corrected chi connectivity index (χ3v) is 2.95. The first kappa shape index (κ1) is 12.8. The molecule has 0 atom stereocenters. The lowest BCUT2D eigenvalue weighted by molar-refractivity contribution is -0.136. The third-order valence-electron chi connectivity index (χ3n) is 2.31. The minimum atomic E-state index is -4.63. The predicted molar refractivity (Wildman–Crippen MR) is 61.4 cm³/mol. The van der Waals surface area contributed by atoms with Crippen molar-refractivity contribution >= 4 is 32.8 Å². The molecule has 18 heavy (non-hydrogen) atoms.